The summed E-state index contributed by atoms with van der Waals surface area (Å²) >= 11 is 0. The molecule has 0 radical (unpaired) electrons. The third-order valence-corrected chi connectivity index (χ3v) is 4.77. The summed E-state index contributed by atoms with van der Waals surface area (Å²) in [6.45, 7) is 2.92. The van der Waals surface area contributed by atoms with Crippen molar-refractivity contribution in [3.05, 3.63) is 47.2 Å². The number of rotatable bonds is 4. The van der Waals surface area contributed by atoms with Gasteiger partial charge in [0.15, 0.2) is 5.78 Å². The zero-order chi connectivity index (χ0) is 15.5. The predicted octanol–water partition coefficient (Wildman–Crippen LogP) is 3.96. The zero-order valence-corrected chi connectivity index (χ0v) is 13.2. The highest BCUT2D eigenvalue weighted by Crippen LogP contribution is 2.38. The molecule has 1 aliphatic heterocycles. The standard InChI is InChI=1S/C19H23NO2/c1-2-12-20-17-10-8-16(13-15(17)9-11-18(20)21)19(22)14-6-4-3-5-7-14/h3-7,16H,2,8-13H2,1H3. The van der Waals surface area contributed by atoms with Crippen LogP contribution < -0.4 is 0 Å². The summed E-state index contributed by atoms with van der Waals surface area (Å²) in [6.07, 6.45) is 4.98. The van der Waals surface area contributed by atoms with E-state index in [9.17, 15) is 9.59 Å². The van der Waals surface area contributed by atoms with Crippen molar-refractivity contribution < 1.29 is 9.59 Å². The number of ketones is 1. The van der Waals surface area contributed by atoms with E-state index in [0.29, 0.717) is 6.42 Å². The molecular weight excluding hydrogens is 274 g/mol. The number of nitrogens with zero attached hydrogens (tertiary/aromatic N) is 1. The van der Waals surface area contributed by atoms with E-state index >= 15 is 0 Å². The Morgan fingerprint density at radius 1 is 1.18 bits per heavy atom. The average molecular weight is 297 g/mol. The molecule has 0 aromatic heterocycles. The number of allylic oxidation sites excluding steroid dienone is 2. The van der Waals surface area contributed by atoms with Crippen molar-refractivity contribution in [1.29, 1.82) is 0 Å². The Hall–Kier alpha value is -1.90. The van der Waals surface area contributed by atoms with Gasteiger partial charge in [-0.05, 0) is 37.7 Å². The number of Topliss-reactive ketones (excluding diaryl/α,β-unsaturated/α-hetero) is 1. The molecule has 2 aliphatic rings. The van der Waals surface area contributed by atoms with E-state index in [2.05, 4.69) is 6.92 Å². The maximum absolute atomic E-state index is 12.6. The molecule has 0 saturated heterocycles. The molecule has 1 aromatic rings. The third kappa shape index (κ3) is 2.85. The molecule has 0 N–H and O–H groups in total. The Morgan fingerprint density at radius 2 is 1.95 bits per heavy atom. The van der Waals surface area contributed by atoms with Crippen LogP contribution in [0.1, 0.15) is 55.8 Å². The van der Waals surface area contributed by atoms with Gasteiger partial charge in [-0.15, -0.1) is 0 Å². The first kappa shape index (κ1) is 15.0. The number of amides is 1. The molecule has 0 spiro atoms. The van der Waals surface area contributed by atoms with Crippen LogP contribution in [0.5, 0.6) is 0 Å². The predicted molar refractivity (Wildman–Crippen MR) is 86.4 cm³/mol. The Kier molecular flexibility index (Phi) is 4.41. The van der Waals surface area contributed by atoms with Gasteiger partial charge in [0.05, 0.1) is 0 Å². The summed E-state index contributed by atoms with van der Waals surface area (Å²) in [4.78, 5) is 26.7. The van der Waals surface area contributed by atoms with Gasteiger partial charge in [0.25, 0.3) is 0 Å². The van der Waals surface area contributed by atoms with Gasteiger partial charge >= 0.3 is 0 Å². The van der Waals surface area contributed by atoms with E-state index in [-0.39, 0.29) is 17.6 Å². The summed E-state index contributed by atoms with van der Waals surface area (Å²) < 4.78 is 0. The van der Waals surface area contributed by atoms with Crippen molar-refractivity contribution in [2.45, 2.75) is 45.4 Å². The van der Waals surface area contributed by atoms with Gasteiger partial charge in [0, 0.05) is 30.1 Å². The molecule has 3 nitrogen and oxygen atoms in total. The van der Waals surface area contributed by atoms with E-state index in [1.807, 2.05) is 35.2 Å². The number of hydrogen-bond donors (Lipinski definition) is 0. The summed E-state index contributed by atoms with van der Waals surface area (Å²) in [5.41, 5.74) is 3.37. The molecule has 1 atom stereocenters. The lowest BCUT2D eigenvalue weighted by Gasteiger charge is -2.37. The maximum atomic E-state index is 12.6. The van der Waals surface area contributed by atoms with Gasteiger partial charge in [-0.3, -0.25) is 9.59 Å². The first-order valence-corrected chi connectivity index (χ1v) is 8.31. The fourth-order valence-corrected chi connectivity index (χ4v) is 3.67. The topological polar surface area (TPSA) is 37.4 Å². The van der Waals surface area contributed by atoms with E-state index < -0.39 is 0 Å². The van der Waals surface area contributed by atoms with Crippen LogP contribution in [0.15, 0.2) is 41.6 Å². The highest BCUT2D eigenvalue weighted by Gasteiger charge is 2.33. The van der Waals surface area contributed by atoms with Crippen LogP contribution >= 0.6 is 0 Å². The molecule has 0 fully saturated rings. The van der Waals surface area contributed by atoms with Gasteiger partial charge in [0.2, 0.25) is 5.91 Å². The van der Waals surface area contributed by atoms with Crippen molar-refractivity contribution in [3.63, 3.8) is 0 Å². The van der Waals surface area contributed by atoms with Gasteiger partial charge in [-0.2, -0.15) is 0 Å². The van der Waals surface area contributed by atoms with Crippen LogP contribution in [0.3, 0.4) is 0 Å². The number of benzene rings is 1. The molecule has 0 bridgehead atoms. The van der Waals surface area contributed by atoms with Crippen LogP contribution in [0.4, 0.5) is 0 Å². The summed E-state index contributed by atoms with van der Waals surface area (Å²) in [7, 11) is 0. The second-order valence-corrected chi connectivity index (χ2v) is 6.27. The summed E-state index contributed by atoms with van der Waals surface area (Å²) in [6, 6.07) is 9.58. The van der Waals surface area contributed by atoms with Crippen molar-refractivity contribution >= 4 is 11.7 Å². The van der Waals surface area contributed by atoms with Crippen LogP contribution in [0.2, 0.25) is 0 Å². The molecule has 1 aromatic carbocycles. The molecule has 3 rings (SSSR count). The minimum absolute atomic E-state index is 0.0813. The zero-order valence-electron chi connectivity index (χ0n) is 13.2. The average Bonchev–Trinajstić information content (AvgIpc) is 2.57. The second kappa shape index (κ2) is 6.47. The monoisotopic (exact) mass is 297 g/mol. The van der Waals surface area contributed by atoms with E-state index in [1.165, 1.54) is 11.3 Å². The van der Waals surface area contributed by atoms with E-state index in [0.717, 1.165) is 44.2 Å². The molecule has 116 valence electrons. The first-order chi connectivity index (χ1) is 10.7. The Bertz CT molecular complexity index is 603. The normalized spacial score (nSPS) is 21.8. The summed E-state index contributed by atoms with van der Waals surface area (Å²) in [5.74, 6) is 0.595. The molecule has 1 unspecified atom stereocenters. The van der Waals surface area contributed by atoms with Crippen LogP contribution in [-0.4, -0.2) is 23.1 Å². The Balaban J connectivity index is 1.78. The molecule has 1 aliphatic carbocycles. The molecule has 3 heteroatoms. The lowest BCUT2D eigenvalue weighted by atomic mass is 9.79. The van der Waals surface area contributed by atoms with Crippen LogP contribution in [0.25, 0.3) is 0 Å². The first-order valence-electron chi connectivity index (χ1n) is 8.31. The summed E-state index contributed by atoms with van der Waals surface area (Å²) in [5, 5.41) is 0. The van der Waals surface area contributed by atoms with Gasteiger partial charge in [-0.1, -0.05) is 37.3 Å². The Labute approximate surface area is 132 Å². The van der Waals surface area contributed by atoms with Crippen molar-refractivity contribution in [2.24, 2.45) is 5.92 Å². The lowest BCUT2D eigenvalue weighted by Crippen LogP contribution is -2.37. The SMILES string of the molecule is CCCN1C(=O)CCC2=C1CCC(C(=O)c1ccccc1)C2. The van der Waals surface area contributed by atoms with Gasteiger partial charge in [0.1, 0.15) is 0 Å². The number of hydrogen-bond acceptors (Lipinski definition) is 2. The molecule has 1 heterocycles. The molecule has 22 heavy (non-hydrogen) atoms. The smallest absolute Gasteiger partial charge is 0.227 e. The van der Waals surface area contributed by atoms with Crippen molar-refractivity contribution in [3.8, 4) is 0 Å². The molecule has 0 saturated carbocycles. The fraction of sp³-hybridized carbons (Fsp3) is 0.474. The van der Waals surface area contributed by atoms with Crippen molar-refractivity contribution in [2.75, 3.05) is 6.54 Å². The maximum Gasteiger partial charge on any atom is 0.227 e. The number of carbonyl (C=O) groups excluding carboxylic acids is 2. The van der Waals surface area contributed by atoms with Gasteiger partial charge in [-0.25, -0.2) is 0 Å². The van der Waals surface area contributed by atoms with E-state index in [1.54, 1.807) is 0 Å². The van der Waals surface area contributed by atoms with E-state index in [4.69, 9.17) is 0 Å². The minimum atomic E-state index is 0.0813. The van der Waals surface area contributed by atoms with Crippen molar-refractivity contribution in [1.82, 2.24) is 4.90 Å². The minimum Gasteiger partial charge on any atom is -0.316 e. The lowest BCUT2D eigenvalue weighted by molar-refractivity contribution is -0.130. The Morgan fingerprint density at radius 3 is 2.68 bits per heavy atom. The third-order valence-electron chi connectivity index (χ3n) is 4.77. The molecular formula is C19H23NO2. The molecule has 1 amide bonds. The highest BCUT2D eigenvalue weighted by molar-refractivity contribution is 5.98. The van der Waals surface area contributed by atoms with Gasteiger partial charge < -0.3 is 4.90 Å². The quantitative estimate of drug-likeness (QED) is 0.789. The van der Waals surface area contributed by atoms with Crippen LogP contribution in [-0.2, 0) is 4.79 Å². The largest absolute Gasteiger partial charge is 0.316 e. The second-order valence-electron chi connectivity index (χ2n) is 6.27. The van der Waals surface area contributed by atoms with Crippen LogP contribution in [0, 0.1) is 5.92 Å². The highest BCUT2D eigenvalue weighted by atomic mass is 16.2. The number of carbonyl (C=O) groups is 2. The fourth-order valence-electron chi connectivity index (χ4n) is 3.67.